The molecule has 2 aliphatic rings. The molecule has 2 heterocycles. The Labute approximate surface area is 243 Å². The summed E-state index contributed by atoms with van der Waals surface area (Å²) in [6.45, 7) is 7.00. The summed E-state index contributed by atoms with van der Waals surface area (Å²) in [5.74, 6) is -0.194. The van der Waals surface area contributed by atoms with Gasteiger partial charge in [-0.05, 0) is 67.7 Å². The number of phenolic OH excluding ortho intramolecular Hbond substituents is 1. The van der Waals surface area contributed by atoms with Gasteiger partial charge in [-0.1, -0.05) is 24.2 Å². The van der Waals surface area contributed by atoms with Crippen LogP contribution in [0, 0.1) is 5.82 Å². The van der Waals surface area contributed by atoms with Crippen LogP contribution in [0.25, 0.3) is 11.1 Å². The molecule has 0 spiro atoms. The molecule has 1 saturated carbocycles. The van der Waals surface area contributed by atoms with Gasteiger partial charge < -0.3 is 14.9 Å². The Bertz CT molecular complexity index is 1520. The number of amidine groups is 1. The maximum absolute atomic E-state index is 15.0. The molecule has 1 aromatic heterocycles. The Kier molecular flexibility index (Phi) is 8.08. The fourth-order valence-electron chi connectivity index (χ4n) is 5.49. The topological polar surface area (TPSA) is 89.3 Å². The molecule has 212 valence electrons. The lowest BCUT2D eigenvalue weighted by Crippen LogP contribution is -2.55. The number of carbonyl (C=O) groups is 2. The van der Waals surface area contributed by atoms with E-state index >= 15 is 4.39 Å². The number of aliphatic imine (C=N–C) groups is 1. The van der Waals surface area contributed by atoms with Crippen LogP contribution in [0.15, 0.2) is 66.4 Å². The third-order valence-electron chi connectivity index (χ3n) is 7.65. The van der Waals surface area contributed by atoms with E-state index in [0.717, 1.165) is 24.8 Å². The van der Waals surface area contributed by atoms with Crippen molar-refractivity contribution in [3.8, 4) is 16.9 Å². The van der Waals surface area contributed by atoms with E-state index in [1.54, 1.807) is 42.5 Å². The summed E-state index contributed by atoms with van der Waals surface area (Å²) in [4.78, 5) is 39.4. The highest BCUT2D eigenvalue weighted by Crippen LogP contribution is 2.47. The van der Waals surface area contributed by atoms with Gasteiger partial charge in [-0.25, -0.2) is 4.39 Å². The van der Waals surface area contributed by atoms with Crippen LogP contribution in [0.1, 0.15) is 36.8 Å². The lowest BCUT2D eigenvalue weighted by atomic mass is 9.98. The summed E-state index contributed by atoms with van der Waals surface area (Å²) >= 11 is 6.79. The van der Waals surface area contributed by atoms with Gasteiger partial charge in [0, 0.05) is 61.3 Å². The average Bonchev–Trinajstić information content (AvgIpc) is 3.81. The van der Waals surface area contributed by atoms with Gasteiger partial charge in [-0.3, -0.25) is 24.5 Å². The predicted octanol–water partition coefficient (Wildman–Crippen LogP) is 5.51. The summed E-state index contributed by atoms with van der Waals surface area (Å²) in [5, 5.41) is 10.8. The van der Waals surface area contributed by atoms with Gasteiger partial charge in [-0.15, -0.1) is 0 Å². The molecule has 41 heavy (non-hydrogen) atoms. The van der Waals surface area contributed by atoms with Crippen molar-refractivity contribution in [1.29, 1.82) is 0 Å². The number of aromatic hydroxyl groups is 1. The number of pyridine rings is 1. The lowest BCUT2D eigenvalue weighted by molar-refractivity contribution is -0.128. The number of phenols is 1. The highest BCUT2D eigenvalue weighted by Gasteiger charge is 2.33. The van der Waals surface area contributed by atoms with E-state index in [9.17, 15) is 14.7 Å². The number of piperazine rings is 1. The van der Waals surface area contributed by atoms with Crippen LogP contribution >= 0.6 is 11.6 Å². The zero-order chi connectivity index (χ0) is 29.3. The van der Waals surface area contributed by atoms with Gasteiger partial charge in [0.05, 0.1) is 16.9 Å². The molecular formula is C31H31ClFN5O3. The number of halogens is 2. The smallest absolute Gasteiger partial charge is 0.246 e. The fraction of sp³-hybridized carbons (Fsp3) is 0.290. The summed E-state index contributed by atoms with van der Waals surface area (Å²) in [7, 11) is 1.66. The lowest BCUT2D eigenvalue weighted by Gasteiger charge is -2.42. The predicted molar refractivity (Wildman–Crippen MR) is 158 cm³/mol. The summed E-state index contributed by atoms with van der Waals surface area (Å²) in [6.07, 6.45) is 7.43. The van der Waals surface area contributed by atoms with Gasteiger partial charge in [-0.2, -0.15) is 0 Å². The van der Waals surface area contributed by atoms with Crippen molar-refractivity contribution >= 4 is 41.1 Å². The normalized spacial score (nSPS) is 17.4. The average molecular weight is 576 g/mol. The van der Waals surface area contributed by atoms with Crippen LogP contribution in [0.2, 0.25) is 5.02 Å². The van der Waals surface area contributed by atoms with Crippen molar-refractivity contribution in [3.63, 3.8) is 0 Å². The van der Waals surface area contributed by atoms with Crippen LogP contribution in [-0.4, -0.2) is 70.8 Å². The highest BCUT2D eigenvalue weighted by molar-refractivity contribution is 6.34. The molecule has 0 radical (unpaired) electrons. The van der Waals surface area contributed by atoms with Crippen LogP contribution in [0.5, 0.6) is 5.75 Å². The van der Waals surface area contributed by atoms with Crippen molar-refractivity contribution < 1.29 is 19.1 Å². The minimum atomic E-state index is -0.646. The van der Waals surface area contributed by atoms with Gasteiger partial charge in [0.1, 0.15) is 17.4 Å². The van der Waals surface area contributed by atoms with Gasteiger partial charge >= 0.3 is 0 Å². The molecule has 8 nitrogen and oxygen atoms in total. The molecule has 10 heteroatoms. The quantitative estimate of drug-likeness (QED) is 0.174. The Morgan fingerprint density at radius 2 is 2.02 bits per heavy atom. The fourth-order valence-corrected chi connectivity index (χ4v) is 5.75. The second-order valence-corrected chi connectivity index (χ2v) is 10.7. The maximum atomic E-state index is 15.0. The number of carbonyl (C=O) groups excluding carboxylic acids is 2. The van der Waals surface area contributed by atoms with E-state index in [-0.39, 0.29) is 33.8 Å². The molecule has 2 fully saturated rings. The second-order valence-electron chi connectivity index (χ2n) is 10.2. The van der Waals surface area contributed by atoms with Crippen molar-refractivity contribution in [2.75, 3.05) is 31.6 Å². The second kappa shape index (κ2) is 11.7. The van der Waals surface area contributed by atoms with Crippen molar-refractivity contribution in [1.82, 2.24) is 14.8 Å². The monoisotopic (exact) mass is 575 g/mol. The molecule has 3 aromatic rings. The Hall–Kier alpha value is -4.24. The SMILES string of the molecule is C=CC(=O)N1CCN(C(=NC)c2cc(Cl)c(-c3c(O)cccc3F)cc2N(C=O)c2ccncc2C2CC2)C(C)C1. The first-order chi connectivity index (χ1) is 19.8. The Balaban J connectivity index is 1.69. The minimum Gasteiger partial charge on any atom is -0.507 e. The highest BCUT2D eigenvalue weighted by atomic mass is 35.5. The molecule has 0 bridgehead atoms. The molecule has 1 atom stereocenters. The number of nitrogens with zero attached hydrogens (tertiary/aromatic N) is 5. The summed E-state index contributed by atoms with van der Waals surface area (Å²) in [6, 6.07) is 8.99. The molecular weight excluding hydrogens is 545 g/mol. The minimum absolute atomic E-state index is 0.0619. The molecule has 2 aromatic carbocycles. The van der Waals surface area contributed by atoms with Crippen LogP contribution < -0.4 is 4.90 Å². The number of amides is 2. The van der Waals surface area contributed by atoms with E-state index in [1.807, 2.05) is 6.92 Å². The van der Waals surface area contributed by atoms with E-state index in [2.05, 4.69) is 21.5 Å². The van der Waals surface area contributed by atoms with Crippen LogP contribution in [0.3, 0.4) is 0 Å². The van der Waals surface area contributed by atoms with E-state index in [1.165, 1.54) is 29.2 Å². The van der Waals surface area contributed by atoms with Crippen LogP contribution in [0.4, 0.5) is 15.8 Å². The van der Waals surface area contributed by atoms with Gasteiger partial charge in [0.15, 0.2) is 0 Å². The zero-order valence-electron chi connectivity index (χ0n) is 22.9. The number of hydrogen-bond donors (Lipinski definition) is 1. The number of rotatable bonds is 7. The molecule has 1 saturated heterocycles. The number of hydrogen-bond acceptors (Lipinski definition) is 5. The molecule has 1 aliphatic carbocycles. The first kappa shape index (κ1) is 28.3. The standard InChI is InChI=1S/C31H31ClFN5O3/c1-4-29(41)36-12-13-37(19(2)17-36)31(34-3)22-14-24(32)21(30-25(33)6-5-7-28(30)40)15-27(22)38(18-39)26-10-11-35-16-23(26)20-8-9-20/h4-7,10-11,14-16,18-20,40H,1,8-9,12-13,17H2,2-3H3. The third-order valence-corrected chi connectivity index (χ3v) is 7.97. The largest absolute Gasteiger partial charge is 0.507 e. The maximum Gasteiger partial charge on any atom is 0.246 e. The molecule has 1 unspecified atom stereocenters. The number of benzene rings is 2. The molecule has 1 aliphatic heterocycles. The van der Waals surface area contributed by atoms with E-state index < -0.39 is 5.82 Å². The Morgan fingerprint density at radius 3 is 2.66 bits per heavy atom. The van der Waals surface area contributed by atoms with Crippen LogP contribution in [-0.2, 0) is 9.59 Å². The summed E-state index contributed by atoms with van der Waals surface area (Å²) < 4.78 is 15.0. The Morgan fingerprint density at radius 1 is 1.24 bits per heavy atom. The van der Waals surface area contributed by atoms with Crippen molar-refractivity contribution in [2.24, 2.45) is 4.99 Å². The molecule has 5 rings (SSSR count). The van der Waals surface area contributed by atoms with Gasteiger partial charge in [0.25, 0.3) is 0 Å². The molecule has 1 N–H and O–H groups in total. The molecule has 2 amide bonds. The number of aromatic nitrogens is 1. The number of anilines is 2. The first-order valence-corrected chi connectivity index (χ1v) is 13.8. The third kappa shape index (κ3) is 5.41. The van der Waals surface area contributed by atoms with Crippen molar-refractivity contribution in [2.45, 2.75) is 31.7 Å². The summed E-state index contributed by atoms with van der Waals surface area (Å²) in [5.41, 5.74) is 2.75. The van der Waals surface area contributed by atoms with Crippen molar-refractivity contribution in [3.05, 3.63) is 83.4 Å². The first-order valence-electron chi connectivity index (χ1n) is 13.4. The van der Waals surface area contributed by atoms with E-state index in [4.69, 9.17) is 11.6 Å². The zero-order valence-corrected chi connectivity index (χ0v) is 23.7. The van der Waals surface area contributed by atoms with Gasteiger partial charge in [0.2, 0.25) is 12.3 Å². The van der Waals surface area contributed by atoms with E-state index in [0.29, 0.717) is 48.3 Å².